The summed E-state index contributed by atoms with van der Waals surface area (Å²) in [7, 11) is 0. The summed E-state index contributed by atoms with van der Waals surface area (Å²) in [6, 6.07) is 10.5. The van der Waals surface area contributed by atoms with Crippen molar-refractivity contribution in [2.75, 3.05) is 6.54 Å². The predicted octanol–water partition coefficient (Wildman–Crippen LogP) is 2.68. The van der Waals surface area contributed by atoms with Crippen LogP contribution in [-0.2, 0) is 6.42 Å². The van der Waals surface area contributed by atoms with Crippen molar-refractivity contribution in [1.82, 2.24) is 15.3 Å². The van der Waals surface area contributed by atoms with Crippen LogP contribution >= 0.6 is 0 Å². The minimum atomic E-state index is 0.261. The molecule has 0 bridgehead atoms. The zero-order valence-corrected chi connectivity index (χ0v) is 10.9. The maximum absolute atomic E-state index is 4.61. The molecule has 1 unspecified atom stereocenters. The Balaban J connectivity index is 2.18. The number of rotatable bonds is 5. The van der Waals surface area contributed by atoms with E-state index in [1.54, 1.807) is 0 Å². The molecule has 2 aromatic heterocycles. The van der Waals surface area contributed by atoms with E-state index in [1.807, 2.05) is 25.4 Å². The number of nitrogens with zero attached hydrogens (tertiary/aromatic N) is 2. The Morgan fingerprint density at radius 3 is 2.61 bits per heavy atom. The Labute approximate surface area is 108 Å². The number of pyridine rings is 2. The minimum absolute atomic E-state index is 0.261. The lowest BCUT2D eigenvalue weighted by Gasteiger charge is -2.17. The van der Waals surface area contributed by atoms with E-state index in [-0.39, 0.29) is 6.04 Å². The first kappa shape index (κ1) is 12.7. The molecule has 0 fully saturated rings. The van der Waals surface area contributed by atoms with E-state index in [0.29, 0.717) is 0 Å². The fraction of sp³-hybridized carbons (Fsp3) is 0.333. The number of aromatic nitrogens is 2. The van der Waals surface area contributed by atoms with Gasteiger partial charge in [-0.2, -0.15) is 0 Å². The third kappa shape index (κ3) is 3.37. The van der Waals surface area contributed by atoms with Crippen LogP contribution in [0.1, 0.15) is 29.9 Å². The molecule has 2 rings (SSSR count). The maximum Gasteiger partial charge on any atom is 0.0579 e. The van der Waals surface area contributed by atoms with Gasteiger partial charge >= 0.3 is 0 Å². The van der Waals surface area contributed by atoms with E-state index in [1.165, 1.54) is 5.56 Å². The van der Waals surface area contributed by atoms with Crippen LogP contribution in [-0.4, -0.2) is 16.5 Å². The Bertz CT molecular complexity index is 482. The highest BCUT2D eigenvalue weighted by Crippen LogP contribution is 2.16. The summed E-state index contributed by atoms with van der Waals surface area (Å²) in [6.45, 7) is 5.08. The molecule has 0 saturated heterocycles. The van der Waals surface area contributed by atoms with Crippen LogP contribution < -0.4 is 5.32 Å². The van der Waals surface area contributed by atoms with Crippen molar-refractivity contribution in [1.29, 1.82) is 0 Å². The number of aryl methyl sites for hydroxylation is 1. The summed E-state index contributed by atoms with van der Waals surface area (Å²) in [4.78, 5) is 8.66. The number of likely N-dealkylation sites (N-methyl/N-ethyl adjacent to an activating group) is 1. The van der Waals surface area contributed by atoms with Crippen LogP contribution in [0.25, 0.3) is 0 Å². The number of hydrogen-bond donors (Lipinski definition) is 1. The lowest BCUT2D eigenvalue weighted by atomic mass is 10.0. The van der Waals surface area contributed by atoms with Gasteiger partial charge in [0.25, 0.3) is 0 Å². The van der Waals surface area contributed by atoms with Gasteiger partial charge in [-0.05, 0) is 49.7 Å². The third-order valence-corrected chi connectivity index (χ3v) is 2.91. The minimum Gasteiger partial charge on any atom is -0.309 e. The molecule has 18 heavy (non-hydrogen) atoms. The molecule has 3 nitrogen and oxygen atoms in total. The van der Waals surface area contributed by atoms with E-state index in [9.17, 15) is 0 Å². The van der Waals surface area contributed by atoms with Crippen LogP contribution in [0.2, 0.25) is 0 Å². The van der Waals surface area contributed by atoms with E-state index in [2.05, 4.69) is 46.5 Å². The van der Waals surface area contributed by atoms with Gasteiger partial charge in [0.2, 0.25) is 0 Å². The number of nitrogens with one attached hydrogen (secondary N) is 1. The number of hydrogen-bond acceptors (Lipinski definition) is 3. The van der Waals surface area contributed by atoms with Crippen LogP contribution in [0.3, 0.4) is 0 Å². The van der Waals surface area contributed by atoms with Crippen molar-refractivity contribution in [2.24, 2.45) is 0 Å². The molecule has 3 heteroatoms. The molecular formula is C15H19N3. The molecule has 0 aromatic carbocycles. The molecular weight excluding hydrogens is 222 g/mol. The molecule has 0 aliphatic heterocycles. The highest BCUT2D eigenvalue weighted by molar-refractivity contribution is 5.18. The van der Waals surface area contributed by atoms with E-state index >= 15 is 0 Å². The zero-order chi connectivity index (χ0) is 12.8. The van der Waals surface area contributed by atoms with Crippen LogP contribution in [0.5, 0.6) is 0 Å². The molecule has 0 amide bonds. The smallest absolute Gasteiger partial charge is 0.0579 e. The second-order valence-corrected chi connectivity index (χ2v) is 4.37. The van der Waals surface area contributed by atoms with E-state index in [4.69, 9.17) is 0 Å². The van der Waals surface area contributed by atoms with Gasteiger partial charge in [0.15, 0.2) is 0 Å². The Kier molecular flexibility index (Phi) is 4.42. The molecule has 0 saturated carbocycles. The highest BCUT2D eigenvalue weighted by Gasteiger charge is 2.12. The molecule has 0 radical (unpaired) electrons. The van der Waals surface area contributed by atoms with E-state index < -0.39 is 0 Å². The van der Waals surface area contributed by atoms with Gasteiger partial charge in [0.05, 0.1) is 11.7 Å². The maximum atomic E-state index is 4.61. The summed E-state index contributed by atoms with van der Waals surface area (Å²) < 4.78 is 0. The van der Waals surface area contributed by atoms with Crippen LogP contribution in [0.4, 0.5) is 0 Å². The Morgan fingerprint density at radius 2 is 1.94 bits per heavy atom. The first-order valence-corrected chi connectivity index (χ1v) is 6.35. The average Bonchev–Trinajstić information content (AvgIpc) is 2.39. The van der Waals surface area contributed by atoms with Gasteiger partial charge < -0.3 is 5.32 Å². The van der Waals surface area contributed by atoms with E-state index in [0.717, 1.165) is 24.4 Å². The van der Waals surface area contributed by atoms with Crippen molar-refractivity contribution in [3.63, 3.8) is 0 Å². The molecule has 2 aromatic rings. The summed E-state index contributed by atoms with van der Waals surface area (Å²) in [5, 5.41) is 3.49. The van der Waals surface area contributed by atoms with Crippen molar-refractivity contribution in [3.8, 4) is 0 Å². The third-order valence-electron chi connectivity index (χ3n) is 2.91. The summed E-state index contributed by atoms with van der Waals surface area (Å²) >= 11 is 0. The summed E-state index contributed by atoms with van der Waals surface area (Å²) in [5.41, 5.74) is 3.44. The topological polar surface area (TPSA) is 37.8 Å². The van der Waals surface area contributed by atoms with Crippen molar-refractivity contribution in [3.05, 3.63) is 59.7 Å². The molecule has 0 spiro atoms. The highest BCUT2D eigenvalue weighted by atomic mass is 14.9. The fourth-order valence-corrected chi connectivity index (χ4v) is 2.04. The first-order valence-electron chi connectivity index (χ1n) is 6.35. The van der Waals surface area contributed by atoms with Gasteiger partial charge in [-0.3, -0.25) is 9.97 Å². The monoisotopic (exact) mass is 241 g/mol. The van der Waals surface area contributed by atoms with Crippen LogP contribution in [0.15, 0.2) is 42.7 Å². The molecule has 94 valence electrons. The fourth-order valence-electron chi connectivity index (χ4n) is 2.04. The normalized spacial score (nSPS) is 12.3. The second kappa shape index (κ2) is 6.26. The van der Waals surface area contributed by atoms with Gasteiger partial charge in [0.1, 0.15) is 0 Å². The Morgan fingerprint density at radius 1 is 1.17 bits per heavy atom. The van der Waals surface area contributed by atoms with Gasteiger partial charge in [-0.25, -0.2) is 0 Å². The van der Waals surface area contributed by atoms with Gasteiger partial charge in [0, 0.05) is 18.1 Å². The molecule has 1 N–H and O–H groups in total. The predicted molar refractivity (Wildman–Crippen MR) is 73.3 cm³/mol. The quantitative estimate of drug-likeness (QED) is 0.874. The van der Waals surface area contributed by atoms with Crippen molar-refractivity contribution in [2.45, 2.75) is 26.3 Å². The van der Waals surface area contributed by atoms with Gasteiger partial charge in [-0.1, -0.05) is 13.0 Å². The molecule has 2 heterocycles. The molecule has 0 aliphatic rings. The van der Waals surface area contributed by atoms with Crippen molar-refractivity contribution >= 4 is 0 Å². The second-order valence-electron chi connectivity index (χ2n) is 4.37. The lowest BCUT2D eigenvalue weighted by molar-refractivity contribution is 0.535. The average molecular weight is 241 g/mol. The van der Waals surface area contributed by atoms with Crippen molar-refractivity contribution < 1.29 is 0 Å². The lowest BCUT2D eigenvalue weighted by Crippen LogP contribution is -2.24. The SMILES string of the molecule is CCNC(Cc1ccncc1)c1cccc(C)n1. The zero-order valence-electron chi connectivity index (χ0n) is 10.9. The van der Waals surface area contributed by atoms with Gasteiger partial charge in [-0.15, -0.1) is 0 Å². The molecule has 1 atom stereocenters. The summed E-state index contributed by atoms with van der Waals surface area (Å²) in [5.74, 6) is 0. The van der Waals surface area contributed by atoms with Crippen LogP contribution in [0, 0.1) is 6.92 Å². The largest absolute Gasteiger partial charge is 0.309 e. The molecule has 0 aliphatic carbocycles. The summed E-state index contributed by atoms with van der Waals surface area (Å²) in [6.07, 6.45) is 4.61. The Hall–Kier alpha value is -1.74. The first-order chi connectivity index (χ1) is 8.79. The standard InChI is InChI=1S/C15H19N3/c1-3-17-15(11-13-7-9-16-10-8-13)14-6-4-5-12(2)18-14/h4-10,15,17H,3,11H2,1-2H3.